The third kappa shape index (κ3) is 4.49. The van der Waals surface area contributed by atoms with Crippen LogP contribution < -0.4 is 15.6 Å². The molecule has 1 heterocycles. The molecular weight excluding hydrogens is 374 g/mol. The Morgan fingerprint density at radius 1 is 1.14 bits per heavy atom. The van der Waals surface area contributed by atoms with Gasteiger partial charge in [0.25, 0.3) is 11.7 Å². The summed E-state index contributed by atoms with van der Waals surface area (Å²) in [6.45, 7) is 4.69. The Morgan fingerprint density at radius 2 is 1.86 bits per heavy atom. The highest BCUT2D eigenvalue weighted by molar-refractivity contribution is 5.94. The number of benzene rings is 2. The van der Waals surface area contributed by atoms with Gasteiger partial charge >= 0.3 is 0 Å². The molecule has 0 aliphatic carbocycles. The predicted molar refractivity (Wildman–Crippen MR) is 106 cm³/mol. The lowest BCUT2D eigenvalue weighted by Crippen LogP contribution is -2.28. The summed E-state index contributed by atoms with van der Waals surface area (Å²) in [4.78, 5) is 15.2. The van der Waals surface area contributed by atoms with Crippen molar-refractivity contribution in [3.05, 3.63) is 70.3 Å². The van der Waals surface area contributed by atoms with Crippen molar-refractivity contribution in [1.82, 2.24) is 5.32 Å². The van der Waals surface area contributed by atoms with Crippen LogP contribution in [0.2, 0.25) is 0 Å². The highest BCUT2D eigenvalue weighted by Crippen LogP contribution is 2.21. The molecule has 0 spiro atoms. The molecule has 0 saturated heterocycles. The fraction of sp³-hybridized carbons (Fsp3) is 0.227. The van der Waals surface area contributed by atoms with E-state index in [2.05, 4.69) is 27.8 Å². The van der Waals surface area contributed by atoms with Gasteiger partial charge in [-0.05, 0) is 49.2 Å². The van der Waals surface area contributed by atoms with Gasteiger partial charge in [-0.3, -0.25) is 10.1 Å². The van der Waals surface area contributed by atoms with Crippen molar-refractivity contribution in [3.8, 4) is 6.07 Å². The lowest BCUT2D eigenvalue weighted by Gasteiger charge is -2.08. The Bertz CT molecular complexity index is 1100. The number of amides is 1. The SMILES string of the molecule is Cc1cc(C)c2cc(C#N)c(NCCCNC(=O)c3c(F)cccc3F)[nH+]c2c1. The predicted octanol–water partition coefficient (Wildman–Crippen LogP) is 3.65. The monoisotopic (exact) mass is 395 g/mol. The number of nitrogens with one attached hydrogen (secondary N) is 3. The number of aromatic amines is 1. The lowest BCUT2D eigenvalue weighted by atomic mass is 10.0. The van der Waals surface area contributed by atoms with Gasteiger partial charge in [-0.15, -0.1) is 0 Å². The van der Waals surface area contributed by atoms with Gasteiger partial charge < -0.3 is 5.32 Å². The molecule has 2 aromatic carbocycles. The van der Waals surface area contributed by atoms with Gasteiger partial charge in [0.2, 0.25) is 0 Å². The Labute approximate surface area is 167 Å². The number of fused-ring (bicyclic) bond motifs is 1. The molecule has 1 amide bonds. The second-order valence-electron chi connectivity index (χ2n) is 6.85. The Balaban J connectivity index is 1.61. The number of aryl methyl sites for hydroxylation is 2. The molecule has 3 N–H and O–H groups in total. The molecule has 1 aromatic heterocycles. The Kier molecular flexibility index (Phi) is 6.03. The van der Waals surface area contributed by atoms with E-state index in [4.69, 9.17) is 0 Å². The number of hydrogen-bond acceptors (Lipinski definition) is 3. The minimum atomic E-state index is -0.893. The maximum absolute atomic E-state index is 13.6. The van der Waals surface area contributed by atoms with Crippen molar-refractivity contribution in [1.29, 1.82) is 5.26 Å². The molecule has 7 heteroatoms. The topological polar surface area (TPSA) is 79.1 Å². The number of carbonyl (C=O) groups is 1. The molecule has 5 nitrogen and oxygen atoms in total. The van der Waals surface area contributed by atoms with Gasteiger partial charge in [-0.2, -0.15) is 5.26 Å². The van der Waals surface area contributed by atoms with Gasteiger partial charge in [-0.25, -0.2) is 13.8 Å². The van der Waals surface area contributed by atoms with Crippen molar-refractivity contribution in [2.75, 3.05) is 18.4 Å². The average Bonchev–Trinajstić information content (AvgIpc) is 2.67. The first kappa shape index (κ1) is 20.2. The van der Waals surface area contributed by atoms with E-state index < -0.39 is 23.1 Å². The summed E-state index contributed by atoms with van der Waals surface area (Å²) in [5, 5.41) is 16.1. The zero-order valence-corrected chi connectivity index (χ0v) is 16.2. The second kappa shape index (κ2) is 8.65. The van der Waals surface area contributed by atoms with E-state index in [0.717, 1.165) is 34.2 Å². The lowest BCUT2D eigenvalue weighted by molar-refractivity contribution is -0.327. The van der Waals surface area contributed by atoms with Crippen molar-refractivity contribution < 1.29 is 18.6 Å². The van der Waals surface area contributed by atoms with E-state index >= 15 is 0 Å². The fourth-order valence-electron chi connectivity index (χ4n) is 3.23. The van der Waals surface area contributed by atoms with Gasteiger partial charge in [0, 0.05) is 18.4 Å². The quantitative estimate of drug-likeness (QED) is 0.626. The van der Waals surface area contributed by atoms with Crippen LogP contribution in [0.25, 0.3) is 10.9 Å². The highest BCUT2D eigenvalue weighted by atomic mass is 19.1. The van der Waals surface area contributed by atoms with Crippen molar-refractivity contribution in [2.24, 2.45) is 0 Å². The van der Waals surface area contributed by atoms with E-state index in [1.54, 1.807) is 0 Å². The number of nitriles is 1. The van der Waals surface area contributed by atoms with E-state index in [1.807, 2.05) is 26.0 Å². The van der Waals surface area contributed by atoms with Crippen LogP contribution in [0.3, 0.4) is 0 Å². The Hall–Kier alpha value is -3.53. The summed E-state index contributed by atoms with van der Waals surface area (Å²) < 4.78 is 27.2. The molecule has 148 valence electrons. The Morgan fingerprint density at radius 3 is 2.55 bits per heavy atom. The number of anilines is 1. The largest absolute Gasteiger partial charge is 0.352 e. The first-order valence-electron chi connectivity index (χ1n) is 9.24. The molecule has 0 fully saturated rings. The van der Waals surface area contributed by atoms with Crippen LogP contribution in [0.1, 0.15) is 33.5 Å². The molecule has 0 aliphatic heterocycles. The summed E-state index contributed by atoms with van der Waals surface area (Å²) in [6, 6.07) is 11.4. The number of rotatable bonds is 6. The van der Waals surface area contributed by atoms with Gasteiger partial charge in [0.05, 0.1) is 6.54 Å². The van der Waals surface area contributed by atoms with Crippen molar-refractivity contribution in [3.63, 3.8) is 0 Å². The molecule has 29 heavy (non-hydrogen) atoms. The standard InChI is InChI=1S/C22H20F2N4O/c1-13-9-14(2)16-11-15(12-25)21(28-19(16)10-13)26-7-4-8-27-22(29)20-17(23)5-3-6-18(20)24/h3,5-6,9-11H,4,7-8H2,1-2H3,(H,26,28)(H,27,29)/p+1. The van der Waals surface area contributed by atoms with Crippen LogP contribution in [0, 0.1) is 36.8 Å². The van der Waals surface area contributed by atoms with Crippen LogP contribution >= 0.6 is 0 Å². The number of hydrogen-bond donors (Lipinski definition) is 2. The van der Waals surface area contributed by atoms with Gasteiger partial charge in [0.15, 0.2) is 0 Å². The molecule has 0 aliphatic rings. The summed E-state index contributed by atoms with van der Waals surface area (Å²) >= 11 is 0. The highest BCUT2D eigenvalue weighted by Gasteiger charge is 2.17. The maximum atomic E-state index is 13.6. The summed E-state index contributed by atoms with van der Waals surface area (Å²) in [5.74, 6) is -1.98. The summed E-state index contributed by atoms with van der Waals surface area (Å²) in [6.07, 6.45) is 0.505. The molecule has 3 aromatic rings. The second-order valence-corrected chi connectivity index (χ2v) is 6.85. The van der Waals surface area contributed by atoms with Crippen LogP contribution in [0.15, 0.2) is 36.4 Å². The molecule has 0 atom stereocenters. The molecule has 0 bridgehead atoms. The number of carbonyl (C=O) groups excluding carboxylic acids is 1. The first-order valence-corrected chi connectivity index (χ1v) is 9.24. The molecular formula is C22H21F2N4O+. The van der Waals surface area contributed by atoms with E-state index in [1.165, 1.54) is 6.07 Å². The van der Waals surface area contributed by atoms with Crippen LogP contribution in [-0.2, 0) is 0 Å². The number of pyridine rings is 1. The molecule has 0 unspecified atom stereocenters. The zero-order chi connectivity index (χ0) is 21.0. The number of halogens is 2. The van der Waals surface area contributed by atoms with Crippen LogP contribution in [-0.4, -0.2) is 19.0 Å². The zero-order valence-electron chi connectivity index (χ0n) is 16.2. The summed E-state index contributed by atoms with van der Waals surface area (Å²) in [7, 11) is 0. The van der Waals surface area contributed by atoms with Crippen molar-refractivity contribution in [2.45, 2.75) is 20.3 Å². The van der Waals surface area contributed by atoms with Gasteiger partial charge in [0.1, 0.15) is 34.3 Å². The number of aromatic nitrogens is 1. The third-order valence-corrected chi connectivity index (χ3v) is 4.60. The maximum Gasteiger partial charge on any atom is 0.290 e. The molecule has 0 radical (unpaired) electrons. The normalized spacial score (nSPS) is 10.6. The van der Waals surface area contributed by atoms with Crippen LogP contribution in [0.4, 0.5) is 14.6 Å². The van der Waals surface area contributed by atoms with E-state index in [0.29, 0.717) is 24.3 Å². The average molecular weight is 395 g/mol. The molecule has 3 rings (SSSR count). The van der Waals surface area contributed by atoms with Crippen LogP contribution in [0.5, 0.6) is 0 Å². The van der Waals surface area contributed by atoms with Crippen molar-refractivity contribution >= 4 is 22.6 Å². The third-order valence-electron chi connectivity index (χ3n) is 4.60. The smallest absolute Gasteiger partial charge is 0.290 e. The molecule has 0 saturated carbocycles. The number of H-pyrrole nitrogens is 1. The minimum Gasteiger partial charge on any atom is -0.352 e. The summed E-state index contributed by atoms with van der Waals surface area (Å²) in [5.41, 5.74) is 3.03. The van der Waals surface area contributed by atoms with E-state index in [-0.39, 0.29) is 6.54 Å². The number of nitrogens with zero attached hydrogens (tertiary/aromatic N) is 1. The first-order chi connectivity index (χ1) is 13.9. The fourth-order valence-corrected chi connectivity index (χ4v) is 3.23. The minimum absolute atomic E-state index is 0.229. The van der Waals surface area contributed by atoms with E-state index in [9.17, 15) is 18.8 Å². The van der Waals surface area contributed by atoms with Gasteiger partial charge in [-0.1, -0.05) is 12.1 Å².